The van der Waals surface area contributed by atoms with Crippen LogP contribution in [0.5, 0.6) is 0 Å². The molecule has 0 aromatic heterocycles. The fourth-order valence-corrected chi connectivity index (χ4v) is 3.98. The van der Waals surface area contributed by atoms with Crippen LogP contribution in [0.4, 0.5) is 0 Å². The standard InChI is InChI=1S/C20H23ClN2OS/c1-22-18-10-12-23(13-11-18)20(24)16-4-2-15(3-5-16)14-25-19-8-6-17(21)7-9-19/h2-9,18,22H,10-14H2,1H3. The lowest BCUT2D eigenvalue weighted by Gasteiger charge is -2.31. The number of carbonyl (C=O) groups excluding carboxylic acids is 1. The van der Waals surface area contributed by atoms with E-state index in [-0.39, 0.29) is 5.91 Å². The van der Waals surface area contributed by atoms with Crippen LogP contribution < -0.4 is 5.32 Å². The van der Waals surface area contributed by atoms with Gasteiger partial charge in [0.1, 0.15) is 0 Å². The summed E-state index contributed by atoms with van der Waals surface area (Å²) < 4.78 is 0. The maximum absolute atomic E-state index is 12.6. The first-order valence-corrected chi connectivity index (χ1v) is 9.96. The van der Waals surface area contributed by atoms with Crippen LogP contribution in [0.25, 0.3) is 0 Å². The van der Waals surface area contributed by atoms with E-state index in [1.54, 1.807) is 11.8 Å². The van der Waals surface area contributed by atoms with Crippen molar-refractivity contribution in [2.75, 3.05) is 20.1 Å². The highest BCUT2D eigenvalue weighted by atomic mass is 35.5. The summed E-state index contributed by atoms with van der Waals surface area (Å²) in [6.07, 6.45) is 2.05. The molecule has 0 atom stereocenters. The maximum atomic E-state index is 12.6. The van der Waals surface area contributed by atoms with Gasteiger partial charge in [0.2, 0.25) is 0 Å². The Morgan fingerprint density at radius 1 is 1.12 bits per heavy atom. The number of amides is 1. The Morgan fingerprint density at radius 3 is 2.36 bits per heavy atom. The molecule has 0 radical (unpaired) electrons. The Kier molecular flexibility index (Phi) is 6.40. The van der Waals surface area contributed by atoms with Crippen molar-refractivity contribution >= 4 is 29.3 Å². The fourth-order valence-electron chi connectivity index (χ4n) is 2.99. The molecule has 0 unspecified atom stereocenters. The van der Waals surface area contributed by atoms with Gasteiger partial charge in [-0.15, -0.1) is 11.8 Å². The predicted octanol–water partition coefficient (Wildman–Crippen LogP) is 4.46. The Balaban J connectivity index is 1.54. The van der Waals surface area contributed by atoms with E-state index >= 15 is 0 Å². The first-order valence-electron chi connectivity index (χ1n) is 8.59. The van der Waals surface area contributed by atoms with Crippen LogP contribution >= 0.6 is 23.4 Å². The van der Waals surface area contributed by atoms with Crippen LogP contribution in [0.2, 0.25) is 5.02 Å². The number of carbonyl (C=O) groups is 1. The van der Waals surface area contributed by atoms with Gasteiger partial charge in [0.15, 0.2) is 0 Å². The van der Waals surface area contributed by atoms with E-state index in [2.05, 4.69) is 17.4 Å². The minimum atomic E-state index is 0.145. The minimum Gasteiger partial charge on any atom is -0.339 e. The molecule has 0 aliphatic carbocycles. The summed E-state index contributed by atoms with van der Waals surface area (Å²) >= 11 is 7.67. The average Bonchev–Trinajstić information content (AvgIpc) is 2.67. The highest BCUT2D eigenvalue weighted by molar-refractivity contribution is 7.98. The van der Waals surface area contributed by atoms with Crippen molar-refractivity contribution in [3.8, 4) is 0 Å². The molecule has 1 fully saturated rings. The summed E-state index contributed by atoms with van der Waals surface area (Å²) in [5.74, 6) is 1.02. The summed E-state index contributed by atoms with van der Waals surface area (Å²) in [6, 6.07) is 16.4. The van der Waals surface area contributed by atoms with Gasteiger partial charge in [-0.1, -0.05) is 23.7 Å². The lowest BCUT2D eigenvalue weighted by atomic mass is 10.0. The third kappa shape index (κ3) is 5.00. The van der Waals surface area contributed by atoms with Crippen LogP contribution in [0.15, 0.2) is 53.4 Å². The highest BCUT2D eigenvalue weighted by Crippen LogP contribution is 2.24. The average molecular weight is 375 g/mol. The molecule has 2 aromatic carbocycles. The number of hydrogen-bond acceptors (Lipinski definition) is 3. The van der Waals surface area contributed by atoms with E-state index in [0.29, 0.717) is 6.04 Å². The number of nitrogens with one attached hydrogen (secondary N) is 1. The lowest BCUT2D eigenvalue weighted by molar-refractivity contribution is 0.0707. The number of thioether (sulfide) groups is 1. The van der Waals surface area contributed by atoms with Crippen molar-refractivity contribution in [1.82, 2.24) is 10.2 Å². The van der Waals surface area contributed by atoms with E-state index in [1.165, 1.54) is 10.5 Å². The van der Waals surface area contributed by atoms with Crippen molar-refractivity contribution in [1.29, 1.82) is 0 Å². The molecule has 2 aromatic rings. The molecule has 1 saturated heterocycles. The van der Waals surface area contributed by atoms with Gasteiger partial charge in [0.05, 0.1) is 0 Å². The van der Waals surface area contributed by atoms with E-state index in [1.807, 2.05) is 48.3 Å². The summed E-state index contributed by atoms with van der Waals surface area (Å²) in [5, 5.41) is 4.05. The second kappa shape index (κ2) is 8.75. The van der Waals surface area contributed by atoms with E-state index in [0.717, 1.165) is 42.3 Å². The van der Waals surface area contributed by atoms with Crippen LogP contribution in [0.1, 0.15) is 28.8 Å². The summed E-state index contributed by atoms with van der Waals surface area (Å²) in [7, 11) is 1.99. The molecule has 25 heavy (non-hydrogen) atoms. The number of piperidine rings is 1. The summed E-state index contributed by atoms with van der Waals surface area (Å²) in [4.78, 5) is 15.8. The molecule has 0 bridgehead atoms. The molecule has 1 heterocycles. The van der Waals surface area contributed by atoms with Gasteiger partial charge < -0.3 is 10.2 Å². The molecule has 0 saturated carbocycles. The monoisotopic (exact) mass is 374 g/mol. The molecule has 1 aliphatic rings. The van der Waals surface area contributed by atoms with Crippen molar-refractivity contribution in [2.45, 2.75) is 29.5 Å². The number of nitrogens with zero attached hydrogens (tertiary/aromatic N) is 1. The fraction of sp³-hybridized carbons (Fsp3) is 0.350. The van der Waals surface area contributed by atoms with E-state index in [9.17, 15) is 4.79 Å². The van der Waals surface area contributed by atoms with Gasteiger partial charge in [-0.2, -0.15) is 0 Å². The number of rotatable bonds is 5. The zero-order valence-corrected chi connectivity index (χ0v) is 15.9. The van der Waals surface area contributed by atoms with Crippen molar-refractivity contribution in [2.24, 2.45) is 0 Å². The van der Waals surface area contributed by atoms with Gasteiger partial charge >= 0.3 is 0 Å². The van der Waals surface area contributed by atoms with Crippen molar-refractivity contribution in [3.05, 3.63) is 64.7 Å². The zero-order chi connectivity index (χ0) is 17.6. The maximum Gasteiger partial charge on any atom is 0.253 e. The van der Waals surface area contributed by atoms with E-state index < -0.39 is 0 Å². The first kappa shape index (κ1) is 18.3. The molecule has 5 heteroatoms. The smallest absolute Gasteiger partial charge is 0.253 e. The summed E-state index contributed by atoms with van der Waals surface area (Å²) in [6.45, 7) is 1.66. The molecular formula is C20H23ClN2OS. The molecule has 0 spiro atoms. The van der Waals surface area contributed by atoms with Gasteiger partial charge in [0, 0.05) is 40.4 Å². The predicted molar refractivity (Wildman–Crippen MR) is 105 cm³/mol. The lowest BCUT2D eigenvalue weighted by Crippen LogP contribution is -2.43. The van der Waals surface area contributed by atoms with Crippen molar-refractivity contribution < 1.29 is 4.79 Å². The zero-order valence-electron chi connectivity index (χ0n) is 14.4. The Labute approximate surface area is 158 Å². The molecule has 3 rings (SSSR count). The second-order valence-electron chi connectivity index (χ2n) is 6.29. The molecular weight excluding hydrogens is 352 g/mol. The van der Waals surface area contributed by atoms with Gasteiger partial charge in [-0.05, 0) is 61.9 Å². The Morgan fingerprint density at radius 2 is 1.76 bits per heavy atom. The largest absolute Gasteiger partial charge is 0.339 e. The van der Waals surface area contributed by atoms with Gasteiger partial charge in [-0.25, -0.2) is 0 Å². The number of benzene rings is 2. The van der Waals surface area contributed by atoms with Crippen LogP contribution in [-0.4, -0.2) is 37.0 Å². The third-order valence-corrected chi connectivity index (χ3v) is 5.95. The van der Waals surface area contributed by atoms with Gasteiger partial charge in [-0.3, -0.25) is 4.79 Å². The molecule has 1 aliphatic heterocycles. The third-order valence-electron chi connectivity index (χ3n) is 4.61. The van der Waals surface area contributed by atoms with Crippen molar-refractivity contribution in [3.63, 3.8) is 0 Å². The number of halogens is 1. The number of hydrogen-bond donors (Lipinski definition) is 1. The second-order valence-corrected chi connectivity index (χ2v) is 7.78. The highest BCUT2D eigenvalue weighted by Gasteiger charge is 2.22. The summed E-state index contributed by atoms with van der Waals surface area (Å²) in [5.41, 5.74) is 1.99. The topological polar surface area (TPSA) is 32.3 Å². The van der Waals surface area contributed by atoms with Gasteiger partial charge in [0.25, 0.3) is 5.91 Å². The molecule has 132 valence electrons. The van der Waals surface area contributed by atoms with Crippen LogP contribution in [0.3, 0.4) is 0 Å². The molecule has 1 amide bonds. The first-order chi connectivity index (χ1) is 12.2. The quantitative estimate of drug-likeness (QED) is 0.784. The SMILES string of the molecule is CNC1CCN(C(=O)c2ccc(CSc3ccc(Cl)cc3)cc2)CC1. The Hall–Kier alpha value is -1.49. The molecule has 1 N–H and O–H groups in total. The number of likely N-dealkylation sites (tertiary alicyclic amines) is 1. The van der Waals surface area contributed by atoms with Crippen LogP contribution in [-0.2, 0) is 5.75 Å². The molecule has 3 nitrogen and oxygen atoms in total. The van der Waals surface area contributed by atoms with E-state index in [4.69, 9.17) is 11.6 Å². The minimum absolute atomic E-state index is 0.145. The normalized spacial score (nSPS) is 15.4. The van der Waals surface area contributed by atoms with Crippen LogP contribution in [0, 0.1) is 0 Å². The Bertz CT molecular complexity index is 695.